The number of benzene rings is 1. The van der Waals surface area contributed by atoms with Crippen LogP contribution in [0, 0.1) is 5.82 Å². The monoisotopic (exact) mass is 375 g/mol. The third kappa shape index (κ3) is 3.10. The Hall–Kier alpha value is -2.45. The number of carbonyl (C=O) groups excluding carboxylic acids is 1. The second-order valence-corrected chi connectivity index (χ2v) is 7.40. The first-order chi connectivity index (χ1) is 12.1. The molecule has 8 heteroatoms. The highest BCUT2D eigenvalue weighted by Crippen LogP contribution is 2.28. The number of nitrogens with zero attached hydrogens (tertiary/aromatic N) is 3. The molecule has 0 fully saturated rings. The maximum absolute atomic E-state index is 12.9. The topological polar surface area (TPSA) is 46.8 Å². The minimum atomic E-state index is -0.303. The zero-order valence-electron chi connectivity index (χ0n) is 13.3. The van der Waals surface area contributed by atoms with Gasteiger partial charge < -0.3 is 9.64 Å². The number of rotatable bonds is 5. The molecule has 0 aliphatic heterocycles. The summed E-state index contributed by atoms with van der Waals surface area (Å²) in [5, 5.41) is 1.97. The van der Waals surface area contributed by atoms with Crippen molar-refractivity contribution >= 4 is 43.9 Å². The molecule has 0 atom stereocenters. The van der Waals surface area contributed by atoms with Crippen LogP contribution in [0.1, 0.15) is 9.67 Å². The van der Waals surface area contributed by atoms with E-state index in [1.807, 2.05) is 22.0 Å². The highest BCUT2D eigenvalue weighted by atomic mass is 32.1. The van der Waals surface area contributed by atoms with Crippen molar-refractivity contribution in [3.8, 4) is 5.75 Å². The maximum Gasteiger partial charge on any atom is 0.263 e. The van der Waals surface area contributed by atoms with Crippen molar-refractivity contribution in [2.75, 3.05) is 20.2 Å². The van der Waals surface area contributed by atoms with Gasteiger partial charge in [0.05, 0.1) is 16.9 Å². The molecule has 4 aromatic rings. The van der Waals surface area contributed by atoms with E-state index in [1.165, 1.54) is 23.5 Å². The molecule has 25 heavy (non-hydrogen) atoms. The Bertz CT molecular complexity index is 1040. The molecule has 4 rings (SSSR count). The number of imidazole rings is 1. The summed E-state index contributed by atoms with van der Waals surface area (Å²) in [7, 11) is 1.74. The second kappa shape index (κ2) is 6.45. The summed E-state index contributed by atoms with van der Waals surface area (Å²) in [5.41, 5.74) is 0.959. The van der Waals surface area contributed by atoms with Gasteiger partial charge in [-0.1, -0.05) is 0 Å². The number of carbonyl (C=O) groups is 1. The van der Waals surface area contributed by atoms with E-state index < -0.39 is 0 Å². The summed E-state index contributed by atoms with van der Waals surface area (Å²) in [6.45, 7) is 0.777. The van der Waals surface area contributed by atoms with Crippen molar-refractivity contribution in [3.63, 3.8) is 0 Å². The molecule has 1 aromatic carbocycles. The van der Waals surface area contributed by atoms with Crippen molar-refractivity contribution in [3.05, 3.63) is 52.6 Å². The van der Waals surface area contributed by atoms with E-state index in [1.54, 1.807) is 35.4 Å². The summed E-state index contributed by atoms with van der Waals surface area (Å²) in [6, 6.07) is 7.71. The quantitative estimate of drug-likeness (QED) is 0.531. The molecule has 0 saturated carbocycles. The average molecular weight is 375 g/mol. The SMILES string of the molecule is CN(CCOc1ccc(F)cc1)C(=O)c1cc2c(nc3sccn32)s1. The Kier molecular flexibility index (Phi) is 4.14. The minimum Gasteiger partial charge on any atom is -0.492 e. The number of amides is 1. The smallest absolute Gasteiger partial charge is 0.263 e. The first kappa shape index (κ1) is 16.0. The molecule has 3 aromatic heterocycles. The number of aromatic nitrogens is 2. The lowest BCUT2D eigenvalue weighted by atomic mass is 10.3. The molecule has 0 saturated heterocycles. The van der Waals surface area contributed by atoms with E-state index >= 15 is 0 Å². The molecular formula is C17H14FN3O2S2. The van der Waals surface area contributed by atoms with Gasteiger partial charge in [-0.05, 0) is 30.3 Å². The fourth-order valence-corrected chi connectivity index (χ4v) is 4.27. The first-order valence-electron chi connectivity index (χ1n) is 7.61. The Morgan fingerprint density at radius 3 is 2.96 bits per heavy atom. The molecule has 0 spiro atoms. The van der Waals surface area contributed by atoms with Crippen LogP contribution in [0.2, 0.25) is 0 Å². The predicted octanol–water partition coefficient (Wildman–Crippen LogP) is 3.90. The van der Waals surface area contributed by atoms with Crippen LogP contribution in [-0.2, 0) is 0 Å². The molecule has 1 amide bonds. The number of fused-ring (bicyclic) bond motifs is 3. The van der Waals surface area contributed by atoms with Crippen LogP contribution in [-0.4, -0.2) is 40.4 Å². The lowest BCUT2D eigenvalue weighted by Gasteiger charge is -2.16. The molecule has 0 N–H and O–H groups in total. The molecule has 0 aliphatic rings. The van der Waals surface area contributed by atoms with E-state index in [2.05, 4.69) is 4.98 Å². The summed E-state index contributed by atoms with van der Waals surface area (Å²) in [4.78, 5) is 21.2. The van der Waals surface area contributed by atoms with Crippen LogP contribution in [0.25, 0.3) is 15.3 Å². The van der Waals surface area contributed by atoms with E-state index in [4.69, 9.17) is 4.74 Å². The van der Waals surface area contributed by atoms with Gasteiger partial charge in [0.15, 0.2) is 4.96 Å². The molecule has 0 unspecified atom stereocenters. The number of halogens is 1. The fourth-order valence-electron chi connectivity index (χ4n) is 2.47. The van der Waals surface area contributed by atoms with Crippen molar-refractivity contribution < 1.29 is 13.9 Å². The van der Waals surface area contributed by atoms with Crippen LogP contribution in [0.3, 0.4) is 0 Å². The zero-order chi connectivity index (χ0) is 17.4. The van der Waals surface area contributed by atoms with Crippen molar-refractivity contribution in [2.24, 2.45) is 0 Å². The van der Waals surface area contributed by atoms with Crippen LogP contribution in [0.5, 0.6) is 5.75 Å². The molecule has 0 bridgehead atoms. The van der Waals surface area contributed by atoms with Gasteiger partial charge >= 0.3 is 0 Å². The highest BCUT2D eigenvalue weighted by molar-refractivity contribution is 7.21. The van der Waals surface area contributed by atoms with Gasteiger partial charge in [-0.2, -0.15) is 0 Å². The van der Waals surface area contributed by atoms with Gasteiger partial charge in [0.25, 0.3) is 5.91 Å². The first-order valence-corrected chi connectivity index (χ1v) is 9.30. The number of thiazole rings is 1. The Labute approximate surface area is 150 Å². The lowest BCUT2D eigenvalue weighted by Crippen LogP contribution is -2.30. The number of likely N-dealkylation sites (N-methyl/N-ethyl adjacent to an activating group) is 1. The van der Waals surface area contributed by atoms with E-state index in [9.17, 15) is 9.18 Å². The molecular weight excluding hydrogens is 361 g/mol. The Morgan fingerprint density at radius 2 is 2.16 bits per heavy atom. The van der Waals surface area contributed by atoms with Gasteiger partial charge in [-0.25, -0.2) is 9.37 Å². The number of thiophene rings is 1. The highest BCUT2D eigenvalue weighted by Gasteiger charge is 2.18. The molecule has 0 aliphatic carbocycles. The normalized spacial score (nSPS) is 11.3. The number of hydrogen-bond acceptors (Lipinski definition) is 5. The Balaban J connectivity index is 1.41. The molecule has 3 heterocycles. The molecule has 5 nitrogen and oxygen atoms in total. The third-order valence-corrected chi connectivity index (χ3v) is 5.57. The summed E-state index contributed by atoms with van der Waals surface area (Å²) in [6.07, 6.45) is 1.95. The molecule has 0 radical (unpaired) electrons. The number of hydrogen-bond donors (Lipinski definition) is 0. The molecule has 128 valence electrons. The van der Waals surface area contributed by atoms with Crippen LogP contribution in [0.4, 0.5) is 4.39 Å². The van der Waals surface area contributed by atoms with Crippen LogP contribution in [0.15, 0.2) is 41.9 Å². The summed E-state index contributed by atoms with van der Waals surface area (Å²) < 4.78 is 20.4. The third-order valence-electron chi connectivity index (χ3n) is 3.81. The number of ether oxygens (including phenoxy) is 1. The van der Waals surface area contributed by atoms with E-state index in [0.29, 0.717) is 23.8 Å². The minimum absolute atomic E-state index is 0.0605. The van der Waals surface area contributed by atoms with Crippen LogP contribution < -0.4 is 4.74 Å². The van der Waals surface area contributed by atoms with Gasteiger partial charge in [-0.15, -0.1) is 22.7 Å². The standard InChI is InChI=1S/C17H14FN3O2S2/c1-20(6-8-23-12-4-2-11(18)3-5-12)16(22)14-10-13-15(25-14)19-17-21(13)7-9-24-17/h2-5,7,9-10H,6,8H2,1H3. The van der Waals surface area contributed by atoms with Crippen molar-refractivity contribution in [2.45, 2.75) is 0 Å². The van der Waals surface area contributed by atoms with Gasteiger partial charge in [-0.3, -0.25) is 9.20 Å². The lowest BCUT2D eigenvalue weighted by molar-refractivity contribution is 0.0778. The van der Waals surface area contributed by atoms with Crippen LogP contribution >= 0.6 is 22.7 Å². The van der Waals surface area contributed by atoms with Gasteiger partial charge in [0, 0.05) is 18.6 Å². The van der Waals surface area contributed by atoms with E-state index in [-0.39, 0.29) is 11.7 Å². The van der Waals surface area contributed by atoms with Gasteiger partial charge in [0.2, 0.25) is 0 Å². The summed E-state index contributed by atoms with van der Waals surface area (Å²) in [5.74, 6) is 0.217. The van der Waals surface area contributed by atoms with E-state index in [0.717, 1.165) is 15.3 Å². The summed E-state index contributed by atoms with van der Waals surface area (Å²) >= 11 is 2.97. The fraction of sp³-hybridized carbons (Fsp3) is 0.176. The second-order valence-electron chi connectivity index (χ2n) is 5.50. The van der Waals surface area contributed by atoms with Gasteiger partial charge in [0.1, 0.15) is 23.0 Å². The predicted molar refractivity (Wildman–Crippen MR) is 97.3 cm³/mol. The van der Waals surface area contributed by atoms with Crippen molar-refractivity contribution in [1.82, 2.24) is 14.3 Å². The Morgan fingerprint density at radius 1 is 1.36 bits per heavy atom. The average Bonchev–Trinajstić information content (AvgIpc) is 3.27. The van der Waals surface area contributed by atoms with Crippen molar-refractivity contribution in [1.29, 1.82) is 0 Å². The maximum atomic E-state index is 12.9. The largest absolute Gasteiger partial charge is 0.492 e. The zero-order valence-corrected chi connectivity index (χ0v) is 14.9.